The van der Waals surface area contributed by atoms with Crippen LogP contribution in [0.3, 0.4) is 0 Å². The smallest absolute Gasteiger partial charge is 0.181 e. The molecule has 1 heterocycles. The monoisotopic (exact) mass is 450 g/mol. The summed E-state index contributed by atoms with van der Waals surface area (Å²) in [6, 6.07) is 10.2. The lowest BCUT2D eigenvalue weighted by Gasteiger charge is -2.41. The predicted molar refractivity (Wildman–Crippen MR) is 106 cm³/mol. The van der Waals surface area contributed by atoms with Crippen molar-refractivity contribution < 1.29 is 26.3 Å². The van der Waals surface area contributed by atoms with E-state index in [2.05, 4.69) is 10.2 Å². The van der Waals surface area contributed by atoms with E-state index < -0.39 is 40.0 Å². The molecule has 1 aliphatic heterocycles. The zero-order valence-electron chi connectivity index (χ0n) is 17.3. The molecule has 4 atom stereocenters. The van der Waals surface area contributed by atoms with Crippen molar-refractivity contribution in [2.75, 3.05) is 0 Å². The summed E-state index contributed by atoms with van der Waals surface area (Å²) in [4.78, 5) is 0. The highest BCUT2D eigenvalue weighted by molar-refractivity contribution is 5.49. The van der Waals surface area contributed by atoms with E-state index in [0.717, 1.165) is 24.3 Å². The average Bonchev–Trinajstić information content (AvgIpc) is 3.34. The van der Waals surface area contributed by atoms with Crippen LogP contribution in [0.5, 0.6) is 0 Å². The fourth-order valence-electron chi connectivity index (χ4n) is 6.34. The molecule has 0 N–H and O–H groups in total. The average molecular weight is 450 g/mol. The van der Waals surface area contributed by atoms with Crippen LogP contribution in [0, 0.1) is 17.3 Å². The van der Waals surface area contributed by atoms with Crippen LogP contribution in [0.25, 0.3) is 0 Å². The molecular formula is C24H20F6N2. The molecule has 0 unspecified atom stereocenters. The molecule has 32 heavy (non-hydrogen) atoms. The van der Waals surface area contributed by atoms with Crippen molar-refractivity contribution >= 4 is 0 Å². The van der Waals surface area contributed by atoms with Gasteiger partial charge in [0.15, 0.2) is 0 Å². The first-order valence-electron chi connectivity index (χ1n) is 10.3. The van der Waals surface area contributed by atoms with E-state index in [4.69, 9.17) is 0 Å². The first-order valence-corrected chi connectivity index (χ1v) is 10.3. The van der Waals surface area contributed by atoms with Crippen molar-refractivity contribution in [2.45, 2.75) is 43.7 Å². The zero-order valence-corrected chi connectivity index (χ0v) is 17.3. The van der Waals surface area contributed by atoms with Crippen molar-refractivity contribution in [3.63, 3.8) is 0 Å². The molecule has 2 aromatic rings. The topological polar surface area (TPSA) is 24.7 Å². The van der Waals surface area contributed by atoms with Gasteiger partial charge in [0.1, 0.15) is 11.1 Å². The molecule has 2 nitrogen and oxygen atoms in total. The van der Waals surface area contributed by atoms with Crippen molar-refractivity contribution in [3.05, 3.63) is 82.9 Å². The van der Waals surface area contributed by atoms with Crippen LogP contribution >= 0.6 is 0 Å². The first-order chi connectivity index (χ1) is 14.9. The van der Waals surface area contributed by atoms with Crippen molar-refractivity contribution in [1.29, 1.82) is 0 Å². The highest BCUT2D eigenvalue weighted by Gasteiger charge is 2.77. The molecule has 168 valence electrons. The van der Waals surface area contributed by atoms with Gasteiger partial charge < -0.3 is 0 Å². The van der Waals surface area contributed by atoms with E-state index in [1.807, 2.05) is 26.0 Å². The Labute approximate surface area is 181 Å². The first kappa shape index (κ1) is 21.2. The minimum absolute atomic E-state index is 0.201. The van der Waals surface area contributed by atoms with Crippen LogP contribution in [0.1, 0.15) is 42.5 Å². The SMILES string of the molecule is CC1(C)[C@]2(c3cccc(C(F)(F)F)c3)N=N[C@@]1(c1cccc(C(F)(F)F)c1)[C@H]1C=CC[C@H]12. The second-order valence-electron chi connectivity index (χ2n) is 9.31. The van der Waals surface area contributed by atoms with Gasteiger partial charge in [-0.1, -0.05) is 50.3 Å². The number of allylic oxidation sites excluding steroid dienone is 1. The minimum Gasteiger partial charge on any atom is -0.181 e. The summed E-state index contributed by atoms with van der Waals surface area (Å²) in [6.07, 6.45) is -4.58. The van der Waals surface area contributed by atoms with Gasteiger partial charge in [0, 0.05) is 17.3 Å². The standard InChI is InChI=1S/C24H20F6N2/c1-20(2)21(14-6-3-8-16(12-14)23(25,26)27)18-10-5-11-19(18)22(20,32-31-21)15-7-4-9-17(13-15)24(28,29)30/h3-10,12-13,18-19H,11H2,1-2H3/t18-,19+,21-,22+/m0/s1. The lowest BCUT2D eigenvalue weighted by atomic mass is 9.61. The number of fused-ring (bicyclic) bond motifs is 5. The Kier molecular flexibility index (Phi) is 4.13. The summed E-state index contributed by atoms with van der Waals surface area (Å²) in [6.45, 7) is 3.72. The molecule has 1 saturated carbocycles. The molecule has 1 fully saturated rings. The van der Waals surface area contributed by atoms with Gasteiger partial charge in [-0.15, -0.1) is 0 Å². The summed E-state index contributed by atoms with van der Waals surface area (Å²) >= 11 is 0. The summed E-state index contributed by atoms with van der Waals surface area (Å²) in [5.74, 6) is -0.471. The number of rotatable bonds is 2. The minimum atomic E-state index is -4.52. The maximum Gasteiger partial charge on any atom is 0.416 e. The Morgan fingerprint density at radius 2 is 1.28 bits per heavy atom. The Morgan fingerprint density at radius 3 is 1.81 bits per heavy atom. The third kappa shape index (κ3) is 2.43. The van der Waals surface area contributed by atoms with Crippen LogP contribution in [0.2, 0.25) is 0 Å². The van der Waals surface area contributed by atoms with Gasteiger partial charge in [-0.25, -0.2) is 0 Å². The maximum atomic E-state index is 13.5. The fraction of sp³-hybridized carbons (Fsp3) is 0.417. The number of azo groups is 1. The number of alkyl halides is 6. The molecule has 5 rings (SSSR count). The summed E-state index contributed by atoms with van der Waals surface area (Å²) < 4.78 is 80.9. The Hall–Kier alpha value is -2.64. The lowest BCUT2D eigenvalue weighted by Crippen LogP contribution is -2.44. The predicted octanol–water partition coefficient (Wildman–Crippen LogP) is 7.51. The van der Waals surface area contributed by atoms with Crippen molar-refractivity contribution in [1.82, 2.24) is 0 Å². The number of hydrogen-bond donors (Lipinski definition) is 0. The third-order valence-corrected chi connectivity index (χ3v) is 7.72. The van der Waals surface area contributed by atoms with Crippen LogP contribution in [0.15, 0.2) is 70.9 Å². The molecular weight excluding hydrogens is 430 g/mol. The molecule has 2 aromatic carbocycles. The third-order valence-electron chi connectivity index (χ3n) is 7.72. The van der Waals surface area contributed by atoms with E-state index >= 15 is 0 Å². The summed E-state index contributed by atoms with van der Waals surface area (Å²) in [7, 11) is 0. The fourth-order valence-corrected chi connectivity index (χ4v) is 6.34. The van der Waals surface area contributed by atoms with Gasteiger partial charge >= 0.3 is 12.4 Å². The van der Waals surface area contributed by atoms with Crippen molar-refractivity contribution in [3.8, 4) is 0 Å². The van der Waals surface area contributed by atoms with Gasteiger partial charge in [-0.3, -0.25) is 0 Å². The molecule has 8 heteroatoms. The highest BCUT2D eigenvalue weighted by atomic mass is 19.4. The maximum absolute atomic E-state index is 13.5. The Bertz CT molecular complexity index is 1150. The molecule has 0 amide bonds. The molecule has 3 aliphatic rings. The van der Waals surface area contributed by atoms with Gasteiger partial charge in [-0.2, -0.15) is 36.6 Å². The second kappa shape index (κ2) is 6.23. The molecule has 2 bridgehead atoms. The van der Waals surface area contributed by atoms with Crippen LogP contribution in [-0.4, -0.2) is 0 Å². The van der Waals surface area contributed by atoms with E-state index in [0.29, 0.717) is 17.5 Å². The molecule has 0 aromatic heterocycles. The second-order valence-corrected chi connectivity index (χ2v) is 9.31. The normalized spacial score (nSPS) is 32.5. The van der Waals surface area contributed by atoms with E-state index in [9.17, 15) is 26.3 Å². The Morgan fingerprint density at radius 1 is 0.781 bits per heavy atom. The van der Waals surface area contributed by atoms with E-state index in [1.54, 1.807) is 12.1 Å². The van der Waals surface area contributed by atoms with Gasteiger partial charge in [0.2, 0.25) is 0 Å². The largest absolute Gasteiger partial charge is 0.416 e. The summed E-state index contributed by atoms with van der Waals surface area (Å²) in [5.41, 5.74) is -3.84. The molecule has 2 aliphatic carbocycles. The highest BCUT2D eigenvalue weighted by Crippen LogP contribution is 2.76. The number of benzene rings is 2. The number of halogens is 6. The van der Waals surface area contributed by atoms with Crippen molar-refractivity contribution in [2.24, 2.45) is 27.5 Å². The van der Waals surface area contributed by atoms with E-state index in [1.165, 1.54) is 12.1 Å². The molecule has 0 spiro atoms. The zero-order chi connectivity index (χ0) is 23.2. The van der Waals surface area contributed by atoms with Gasteiger partial charge in [0.05, 0.1) is 11.1 Å². The van der Waals surface area contributed by atoms with Crippen LogP contribution in [0.4, 0.5) is 26.3 Å². The van der Waals surface area contributed by atoms with E-state index in [-0.39, 0.29) is 11.8 Å². The number of nitrogens with zero attached hydrogens (tertiary/aromatic N) is 2. The number of hydrogen-bond acceptors (Lipinski definition) is 2. The van der Waals surface area contributed by atoms with Crippen LogP contribution in [-0.2, 0) is 23.4 Å². The summed E-state index contributed by atoms with van der Waals surface area (Å²) in [5, 5.41) is 9.19. The Balaban J connectivity index is 1.73. The van der Waals surface area contributed by atoms with Crippen LogP contribution < -0.4 is 0 Å². The van der Waals surface area contributed by atoms with Gasteiger partial charge in [-0.05, 0) is 41.8 Å². The van der Waals surface area contributed by atoms with Gasteiger partial charge in [0.25, 0.3) is 0 Å². The lowest BCUT2D eigenvalue weighted by molar-refractivity contribution is -0.138. The molecule has 0 radical (unpaired) electrons. The molecule has 0 saturated heterocycles. The quantitative estimate of drug-likeness (QED) is 0.334.